The third kappa shape index (κ3) is 3.97. The van der Waals surface area contributed by atoms with Crippen molar-refractivity contribution in [2.24, 2.45) is 5.73 Å². The summed E-state index contributed by atoms with van der Waals surface area (Å²) in [7, 11) is 0. The van der Waals surface area contributed by atoms with Crippen LogP contribution in [-0.4, -0.2) is 50.6 Å². The van der Waals surface area contributed by atoms with Crippen LogP contribution in [0.5, 0.6) is 0 Å². The Morgan fingerprint density at radius 2 is 2.06 bits per heavy atom. The molecule has 1 saturated heterocycles. The lowest BCUT2D eigenvalue weighted by Crippen LogP contribution is -2.46. The molecule has 0 spiro atoms. The number of hydrogen-bond donors (Lipinski definition) is 2. The highest BCUT2D eigenvalue weighted by Gasteiger charge is 2.33. The fourth-order valence-electron chi connectivity index (χ4n) is 5.44. The minimum Gasteiger partial charge on any atom is -0.359 e. The number of fused-ring (bicyclic) bond motifs is 2. The van der Waals surface area contributed by atoms with Gasteiger partial charge < -0.3 is 25.4 Å². The maximum absolute atomic E-state index is 14.1. The highest BCUT2D eigenvalue weighted by atomic mass is 19.1. The summed E-state index contributed by atoms with van der Waals surface area (Å²) < 4.78 is 16.3. The summed E-state index contributed by atoms with van der Waals surface area (Å²) in [4.78, 5) is 21.3. The summed E-state index contributed by atoms with van der Waals surface area (Å²) >= 11 is 0. The quantitative estimate of drug-likeness (QED) is 0.592. The van der Waals surface area contributed by atoms with Gasteiger partial charge in [0.15, 0.2) is 0 Å². The first-order valence-corrected chi connectivity index (χ1v) is 12.4. The molecule has 3 N–H and O–H groups in total. The fourth-order valence-corrected chi connectivity index (χ4v) is 5.44. The number of carbonyl (C=O) groups is 1. The number of halogens is 1. The molecule has 2 atom stereocenters. The van der Waals surface area contributed by atoms with E-state index in [2.05, 4.69) is 26.7 Å². The molecular formula is C28H29FN6O. The van der Waals surface area contributed by atoms with Crippen molar-refractivity contribution in [1.29, 1.82) is 0 Å². The van der Waals surface area contributed by atoms with E-state index in [1.165, 1.54) is 6.07 Å². The van der Waals surface area contributed by atoms with Gasteiger partial charge in [-0.25, -0.2) is 4.39 Å². The molecule has 3 aromatic rings. The highest BCUT2D eigenvalue weighted by molar-refractivity contribution is 5.97. The molecule has 1 fully saturated rings. The second-order valence-corrected chi connectivity index (χ2v) is 9.72. The molecule has 36 heavy (non-hydrogen) atoms. The summed E-state index contributed by atoms with van der Waals surface area (Å²) in [5.41, 5.74) is 11.8. The molecule has 3 aliphatic heterocycles. The predicted octanol–water partition coefficient (Wildman–Crippen LogP) is 3.55. The minimum atomic E-state index is -0.260. The number of nitrogens with zero attached hydrogens (tertiary/aromatic N) is 4. The van der Waals surface area contributed by atoms with Gasteiger partial charge in [0.1, 0.15) is 12.0 Å². The lowest BCUT2D eigenvalue weighted by molar-refractivity contribution is -0.128. The Morgan fingerprint density at radius 3 is 2.86 bits per heavy atom. The Balaban J connectivity index is 1.33. The van der Waals surface area contributed by atoms with E-state index in [1.54, 1.807) is 18.5 Å². The Labute approximate surface area is 209 Å². The zero-order valence-corrected chi connectivity index (χ0v) is 20.2. The number of hydrogen-bond acceptors (Lipinski definition) is 5. The van der Waals surface area contributed by atoms with E-state index in [0.717, 1.165) is 52.9 Å². The van der Waals surface area contributed by atoms with Gasteiger partial charge in [-0.1, -0.05) is 0 Å². The minimum absolute atomic E-state index is 0.0243. The average molecular weight is 485 g/mol. The molecule has 6 rings (SSSR count). The van der Waals surface area contributed by atoms with Crippen molar-refractivity contribution in [1.82, 2.24) is 24.7 Å². The van der Waals surface area contributed by atoms with Gasteiger partial charge in [0.05, 0.1) is 11.4 Å². The second-order valence-electron chi connectivity index (χ2n) is 9.72. The molecular weight excluding hydrogens is 455 g/mol. The lowest BCUT2D eigenvalue weighted by atomic mass is 10.0. The van der Waals surface area contributed by atoms with Crippen molar-refractivity contribution in [3.8, 4) is 0 Å². The standard InChI is InChI=1S/C28H29FN6O/c1-18-27(32-26-15-20(8-12-34(18)26)28(36)33-11-2-3-23(30)17-33)25-14-21-13-22(29)4-5-24(21)35(25)16-19-6-9-31-10-7-19/h4-10,12-15,23,26,32H,2-3,11,16-17,30H2,1H3. The monoisotopic (exact) mass is 484 g/mol. The molecule has 1 amide bonds. The maximum atomic E-state index is 14.1. The van der Waals surface area contributed by atoms with Gasteiger partial charge in [-0.3, -0.25) is 9.78 Å². The van der Waals surface area contributed by atoms with E-state index in [1.807, 2.05) is 47.5 Å². The van der Waals surface area contributed by atoms with Crippen LogP contribution in [0, 0.1) is 5.82 Å². The van der Waals surface area contributed by atoms with Gasteiger partial charge >= 0.3 is 0 Å². The molecule has 2 aromatic heterocycles. The third-order valence-corrected chi connectivity index (χ3v) is 7.29. The second kappa shape index (κ2) is 8.95. The first-order valence-electron chi connectivity index (χ1n) is 12.4. The van der Waals surface area contributed by atoms with Crippen LogP contribution in [0.4, 0.5) is 4.39 Å². The Bertz CT molecular complexity index is 1420. The first kappa shape index (κ1) is 22.5. The lowest BCUT2D eigenvalue weighted by Gasteiger charge is -2.32. The molecule has 7 nitrogen and oxygen atoms in total. The van der Waals surface area contributed by atoms with Gasteiger partial charge in [-0.2, -0.15) is 0 Å². The summed E-state index contributed by atoms with van der Waals surface area (Å²) in [6.07, 6.45) is 11.1. The molecule has 184 valence electrons. The van der Waals surface area contributed by atoms with E-state index in [0.29, 0.717) is 18.7 Å². The molecule has 2 unspecified atom stereocenters. The van der Waals surface area contributed by atoms with Crippen LogP contribution in [0.1, 0.15) is 31.0 Å². The molecule has 8 heteroatoms. The van der Waals surface area contributed by atoms with Gasteiger partial charge in [0.2, 0.25) is 0 Å². The Kier molecular flexibility index (Phi) is 5.60. The number of nitrogens with one attached hydrogen (secondary N) is 1. The van der Waals surface area contributed by atoms with E-state index >= 15 is 0 Å². The average Bonchev–Trinajstić information content (AvgIpc) is 3.40. The molecule has 3 aliphatic rings. The Morgan fingerprint density at radius 1 is 1.22 bits per heavy atom. The van der Waals surface area contributed by atoms with Crippen molar-refractivity contribution in [2.45, 2.75) is 38.5 Å². The topological polar surface area (TPSA) is 79.4 Å². The van der Waals surface area contributed by atoms with Crippen LogP contribution in [-0.2, 0) is 11.3 Å². The van der Waals surface area contributed by atoms with Crippen molar-refractivity contribution in [3.63, 3.8) is 0 Å². The maximum Gasteiger partial charge on any atom is 0.253 e. The van der Waals surface area contributed by atoms with Crippen LogP contribution >= 0.6 is 0 Å². The molecule has 0 radical (unpaired) electrons. The number of nitrogens with two attached hydrogens (primary N) is 1. The predicted molar refractivity (Wildman–Crippen MR) is 138 cm³/mol. The van der Waals surface area contributed by atoms with Crippen LogP contribution in [0.25, 0.3) is 16.6 Å². The molecule has 5 heterocycles. The first-order chi connectivity index (χ1) is 17.5. The van der Waals surface area contributed by atoms with Gasteiger partial charge in [-0.05, 0) is 73.9 Å². The summed E-state index contributed by atoms with van der Waals surface area (Å²) in [6, 6.07) is 10.9. The number of likely N-dealkylation sites (tertiary alicyclic amines) is 1. The number of rotatable bonds is 4. The number of aromatic nitrogens is 2. The number of carbonyl (C=O) groups excluding carboxylic acids is 1. The summed E-state index contributed by atoms with van der Waals surface area (Å²) in [5, 5.41) is 4.45. The van der Waals surface area contributed by atoms with Crippen LogP contribution < -0.4 is 11.1 Å². The van der Waals surface area contributed by atoms with Gasteiger partial charge in [-0.15, -0.1) is 0 Å². The molecule has 0 aliphatic carbocycles. The van der Waals surface area contributed by atoms with Crippen molar-refractivity contribution in [2.75, 3.05) is 13.1 Å². The van der Waals surface area contributed by atoms with Crippen molar-refractivity contribution < 1.29 is 9.18 Å². The van der Waals surface area contributed by atoms with Crippen LogP contribution in [0.2, 0.25) is 0 Å². The van der Waals surface area contributed by atoms with E-state index in [4.69, 9.17) is 5.73 Å². The SMILES string of the molecule is CC1=C(c2cc3cc(F)ccc3n2Cc2ccncc2)NC2C=C(C(=O)N3CCCC(N)C3)C=CN12. The molecule has 0 bridgehead atoms. The van der Waals surface area contributed by atoms with Crippen LogP contribution in [0.15, 0.2) is 78.4 Å². The smallest absolute Gasteiger partial charge is 0.253 e. The number of benzene rings is 1. The van der Waals surface area contributed by atoms with Gasteiger partial charge in [0, 0.05) is 66.4 Å². The largest absolute Gasteiger partial charge is 0.359 e. The van der Waals surface area contributed by atoms with Crippen molar-refractivity contribution in [3.05, 3.63) is 95.5 Å². The Hall–Kier alpha value is -3.91. The van der Waals surface area contributed by atoms with E-state index in [9.17, 15) is 9.18 Å². The fraction of sp³-hybridized carbons (Fsp3) is 0.286. The zero-order valence-electron chi connectivity index (χ0n) is 20.2. The summed E-state index contributed by atoms with van der Waals surface area (Å²) in [6.45, 7) is 4.03. The highest BCUT2D eigenvalue weighted by Crippen LogP contribution is 2.34. The number of amides is 1. The third-order valence-electron chi connectivity index (χ3n) is 7.29. The van der Waals surface area contributed by atoms with Crippen LogP contribution in [0.3, 0.4) is 0 Å². The van der Waals surface area contributed by atoms with E-state index < -0.39 is 0 Å². The zero-order chi connectivity index (χ0) is 24.8. The summed E-state index contributed by atoms with van der Waals surface area (Å²) in [5.74, 6) is -0.236. The van der Waals surface area contributed by atoms with Crippen molar-refractivity contribution >= 4 is 22.5 Å². The molecule has 1 aromatic carbocycles. The van der Waals surface area contributed by atoms with Gasteiger partial charge in [0.25, 0.3) is 5.91 Å². The molecule has 0 saturated carbocycles. The normalized spacial score (nSPS) is 21.6. The number of allylic oxidation sites excluding steroid dienone is 1. The number of pyridine rings is 1. The number of piperidine rings is 1. The van der Waals surface area contributed by atoms with E-state index in [-0.39, 0.29) is 23.9 Å².